The van der Waals surface area contributed by atoms with Gasteiger partial charge in [-0.05, 0) is 47.9 Å². The van der Waals surface area contributed by atoms with E-state index in [9.17, 15) is 8.42 Å². The smallest absolute Gasteiger partial charge is 0.280 e. The van der Waals surface area contributed by atoms with Crippen molar-refractivity contribution < 1.29 is 22.6 Å². The molecule has 0 unspecified atom stereocenters. The lowest BCUT2D eigenvalue weighted by Gasteiger charge is -2.18. The van der Waals surface area contributed by atoms with Crippen molar-refractivity contribution >= 4 is 15.8 Å². The Morgan fingerprint density at radius 2 is 1.79 bits per heavy atom. The van der Waals surface area contributed by atoms with Crippen molar-refractivity contribution in [2.45, 2.75) is 24.8 Å². The summed E-state index contributed by atoms with van der Waals surface area (Å²) in [7, 11) is -2.69. The van der Waals surface area contributed by atoms with Crippen molar-refractivity contribution in [3.63, 3.8) is 0 Å². The zero-order chi connectivity index (χ0) is 27.8. The number of anilines is 1. The molecule has 0 saturated heterocycles. The maximum Gasteiger partial charge on any atom is 0.280 e. The predicted molar refractivity (Wildman–Crippen MR) is 147 cm³/mol. The van der Waals surface area contributed by atoms with Gasteiger partial charge in [-0.15, -0.1) is 5.73 Å². The molecule has 0 bridgehead atoms. The Labute approximate surface area is 227 Å². The summed E-state index contributed by atoms with van der Waals surface area (Å²) in [6.45, 7) is 7.58. The van der Waals surface area contributed by atoms with E-state index in [4.69, 9.17) is 14.2 Å². The number of hydrogen-bond donors (Lipinski definition) is 1. The molecule has 0 saturated carbocycles. The Hall–Kier alpha value is -4.73. The molecule has 0 aliphatic carbocycles. The van der Waals surface area contributed by atoms with Crippen LogP contribution < -0.4 is 18.9 Å². The van der Waals surface area contributed by atoms with Gasteiger partial charge in [0.15, 0.2) is 28.2 Å². The van der Waals surface area contributed by atoms with Crippen LogP contribution in [0.25, 0.3) is 11.4 Å². The van der Waals surface area contributed by atoms with Crippen LogP contribution in [0.15, 0.2) is 90.5 Å². The van der Waals surface area contributed by atoms with Gasteiger partial charge in [-0.1, -0.05) is 38.6 Å². The van der Waals surface area contributed by atoms with Gasteiger partial charge < -0.3 is 14.2 Å². The van der Waals surface area contributed by atoms with Crippen LogP contribution in [0.1, 0.15) is 25.3 Å². The van der Waals surface area contributed by atoms with Gasteiger partial charge in [0.25, 0.3) is 15.9 Å². The van der Waals surface area contributed by atoms with Crippen LogP contribution in [0, 0.1) is 0 Å². The lowest BCUT2D eigenvalue weighted by atomic mass is 10.1. The molecule has 0 aliphatic heterocycles. The molecule has 3 aromatic heterocycles. The minimum Gasteiger partial charge on any atom is -0.493 e. The van der Waals surface area contributed by atoms with Crippen LogP contribution in [-0.2, 0) is 10.0 Å². The molecular weight excluding hydrogens is 518 g/mol. The maximum atomic E-state index is 13.4. The SMILES string of the molecule is C=C=CCOc1nc(-c2ccncc2)nc(NS(=O)(=O)c2ccc(C(C)C)cn2)c1Oc1ccccc1OC. The zero-order valence-electron chi connectivity index (χ0n) is 21.7. The summed E-state index contributed by atoms with van der Waals surface area (Å²) in [6.07, 6.45) is 6.22. The highest BCUT2D eigenvalue weighted by Gasteiger charge is 2.26. The Kier molecular flexibility index (Phi) is 8.55. The van der Waals surface area contributed by atoms with Crippen molar-refractivity contribution in [2.75, 3.05) is 18.4 Å². The van der Waals surface area contributed by atoms with E-state index in [1.54, 1.807) is 60.9 Å². The first-order valence-corrected chi connectivity index (χ1v) is 13.4. The van der Waals surface area contributed by atoms with Gasteiger partial charge in [0, 0.05) is 24.2 Å². The van der Waals surface area contributed by atoms with Crippen LogP contribution in [0.4, 0.5) is 5.82 Å². The van der Waals surface area contributed by atoms with Crippen molar-refractivity contribution in [3.05, 3.63) is 91.1 Å². The zero-order valence-corrected chi connectivity index (χ0v) is 22.5. The third-order valence-corrected chi connectivity index (χ3v) is 6.69. The topological polar surface area (TPSA) is 125 Å². The molecule has 11 heteroatoms. The minimum atomic E-state index is -4.19. The summed E-state index contributed by atoms with van der Waals surface area (Å²) in [4.78, 5) is 17.2. The molecule has 1 N–H and O–H groups in total. The highest BCUT2D eigenvalue weighted by atomic mass is 32.2. The van der Waals surface area contributed by atoms with Gasteiger partial charge in [0.05, 0.1) is 7.11 Å². The van der Waals surface area contributed by atoms with E-state index < -0.39 is 10.0 Å². The first-order valence-electron chi connectivity index (χ1n) is 11.9. The first-order chi connectivity index (χ1) is 18.8. The second-order valence-corrected chi connectivity index (χ2v) is 10.1. The predicted octanol–water partition coefficient (Wildman–Crippen LogP) is 5.38. The lowest BCUT2D eigenvalue weighted by molar-refractivity contribution is 0.320. The number of methoxy groups -OCH3 is 1. The second kappa shape index (κ2) is 12.2. The number of sulfonamides is 1. The second-order valence-electron chi connectivity index (χ2n) is 8.43. The molecule has 1 aromatic carbocycles. The van der Waals surface area contributed by atoms with Gasteiger partial charge in [0.1, 0.15) is 6.61 Å². The van der Waals surface area contributed by atoms with Gasteiger partial charge in [-0.25, -0.2) is 9.97 Å². The number of pyridine rings is 2. The highest BCUT2D eigenvalue weighted by Crippen LogP contribution is 2.41. The van der Waals surface area contributed by atoms with E-state index in [1.165, 1.54) is 19.4 Å². The van der Waals surface area contributed by atoms with E-state index in [0.717, 1.165) is 5.56 Å². The van der Waals surface area contributed by atoms with Crippen LogP contribution in [-0.4, -0.2) is 42.1 Å². The Balaban J connectivity index is 1.87. The number of rotatable bonds is 11. The molecule has 0 amide bonds. The van der Waals surface area contributed by atoms with E-state index in [2.05, 4.69) is 37.0 Å². The summed E-state index contributed by atoms with van der Waals surface area (Å²) in [5.41, 5.74) is 4.11. The molecule has 3 heterocycles. The van der Waals surface area contributed by atoms with Crippen LogP contribution in [0.2, 0.25) is 0 Å². The number of benzene rings is 1. The van der Waals surface area contributed by atoms with Gasteiger partial charge in [-0.2, -0.15) is 13.4 Å². The monoisotopic (exact) mass is 545 g/mol. The fourth-order valence-electron chi connectivity index (χ4n) is 3.38. The molecule has 0 fully saturated rings. The largest absolute Gasteiger partial charge is 0.493 e. The molecule has 0 radical (unpaired) electrons. The summed E-state index contributed by atoms with van der Waals surface area (Å²) in [5.74, 6) is 0.833. The molecule has 39 heavy (non-hydrogen) atoms. The van der Waals surface area contributed by atoms with Gasteiger partial charge in [0.2, 0.25) is 5.75 Å². The Morgan fingerprint density at radius 3 is 2.44 bits per heavy atom. The molecule has 0 aliphatic rings. The normalized spacial score (nSPS) is 11.0. The van der Waals surface area contributed by atoms with Crippen molar-refractivity contribution in [3.8, 4) is 34.5 Å². The summed E-state index contributed by atoms with van der Waals surface area (Å²) in [5, 5.41) is -0.184. The molecule has 0 spiro atoms. The van der Waals surface area contributed by atoms with Crippen LogP contribution in [0.3, 0.4) is 0 Å². The van der Waals surface area contributed by atoms with E-state index in [-0.39, 0.29) is 40.8 Å². The number of para-hydroxylation sites is 2. The van der Waals surface area contributed by atoms with E-state index in [1.807, 2.05) is 13.8 Å². The number of hydrogen-bond acceptors (Lipinski definition) is 9. The third kappa shape index (κ3) is 6.59. The van der Waals surface area contributed by atoms with Crippen LogP contribution in [0.5, 0.6) is 23.1 Å². The van der Waals surface area contributed by atoms with Gasteiger partial charge >= 0.3 is 0 Å². The third-order valence-electron chi connectivity index (χ3n) is 5.43. The summed E-state index contributed by atoms with van der Waals surface area (Å²) in [6, 6.07) is 13.4. The average Bonchev–Trinajstić information content (AvgIpc) is 2.95. The van der Waals surface area contributed by atoms with Crippen molar-refractivity contribution in [1.29, 1.82) is 0 Å². The average molecular weight is 546 g/mol. The fourth-order valence-corrected chi connectivity index (χ4v) is 4.32. The first kappa shape index (κ1) is 27.3. The summed E-state index contributed by atoms with van der Waals surface area (Å²) >= 11 is 0. The van der Waals surface area contributed by atoms with E-state index in [0.29, 0.717) is 17.1 Å². The quantitative estimate of drug-likeness (QED) is 0.247. The highest BCUT2D eigenvalue weighted by molar-refractivity contribution is 7.92. The fraction of sp³-hybridized carbons (Fsp3) is 0.179. The maximum absolute atomic E-state index is 13.4. The summed E-state index contributed by atoms with van der Waals surface area (Å²) < 4.78 is 46.8. The van der Waals surface area contributed by atoms with Crippen molar-refractivity contribution in [2.24, 2.45) is 0 Å². The lowest BCUT2D eigenvalue weighted by Crippen LogP contribution is -2.17. The van der Waals surface area contributed by atoms with Crippen LogP contribution >= 0.6 is 0 Å². The number of nitrogens with zero attached hydrogens (tertiary/aromatic N) is 4. The van der Waals surface area contributed by atoms with E-state index >= 15 is 0 Å². The minimum absolute atomic E-state index is 0.0185. The Bertz CT molecular complexity index is 1590. The molecule has 4 rings (SSSR count). The molecular formula is C28H27N5O5S. The number of nitrogens with one attached hydrogen (secondary N) is 1. The number of aromatic nitrogens is 4. The standard InChI is InChI=1S/C28H27N5O5S/c1-5-6-17-37-28-25(38-23-10-8-7-9-22(23)36-4)27(31-26(32-28)20-13-15-29-16-14-20)33-39(34,35)24-12-11-21(18-30-24)19(2)3/h6-16,18-19H,1,17H2,2-4H3,(H,31,32,33). The molecule has 4 aromatic rings. The molecule has 10 nitrogen and oxygen atoms in total. The molecule has 200 valence electrons. The van der Waals surface area contributed by atoms with Crippen molar-refractivity contribution in [1.82, 2.24) is 19.9 Å². The number of ether oxygens (including phenoxy) is 3. The Morgan fingerprint density at radius 1 is 1.05 bits per heavy atom. The molecule has 0 atom stereocenters. The van der Waals surface area contributed by atoms with Gasteiger partial charge in [-0.3, -0.25) is 9.71 Å².